The highest BCUT2D eigenvalue weighted by Crippen LogP contribution is 2.30. The zero-order valence-electron chi connectivity index (χ0n) is 13.3. The minimum Gasteiger partial charge on any atom is -0.497 e. The SMILES string of the molecule is CCOC(=O)C[C@@H](c1ccc(C)cc1)c1ccc(OC)cc1. The third kappa shape index (κ3) is 4.10. The van der Waals surface area contributed by atoms with Crippen LogP contribution in [0.5, 0.6) is 5.75 Å². The van der Waals surface area contributed by atoms with E-state index in [1.54, 1.807) is 7.11 Å². The van der Waals surface area contributed by atoms with E-state index in [4.69, 9.17) is 9.47 Å². The van der Waals surface area contributed by atoms with Gasteiger partial charge in [-0.05, 0) is 37.1 Å². The number of hydrogen-bond donors (Lipinski definition) is 0. The van der Waals surface area contributed by atoms with Crippen molar-refractivity contribution in [2.75, 3.05) is 13.7 Å². The Hall–Kier alpha value is -2.29. The van der Waals surface area contributed by atoms with Crippen LogP contribution in [0.25, 0.3) is 0 Å². The van der Waals surface area contributed by atoms with Gasteiger partial charge in [0.1, 0.15) is 5.75 Å². The van der Waals surface area contributed by atoms with Crippen LogP contribution in [0.1, 0.15) is 36.0 Å². The molecule has 22 heavy (non-hydrogen) atoms. The predicted octanol–water partition coefficient (Wildman–Crippen LogP) is 4.09. The van der Waals surface area contributed by atoms with Crippen molar-refractivity contribution >= 4 is 5.97 Å². The molecule has 0 amide bonds. The summed E-state index contributed by atoms with van der Waals surface area (Å²) in [6.45, 7) is 4.28. The fourth-order valence-corrected chi connectivity index (χ4v) is 2.45. The Balaban J connectivity index is 2.31. The standard InChI is InChI=1S/C19H22O3/c1-4-22-19(20)13-18(15-7-5-14(2)6-8-15)16-9-11-17(21-3)12-10-16/h5-12,18H,4,13H2,1-3H3/t18-/m0/s1. The Morgan fingerprint density at radius 3 is 2.05 bits per heavy atom. The summed E-state index contributed by atoms with van der Waals surface area (Å²) in [5, 5.41) is 0. The fraction of sp³-hybridized carbons (Fsp3) is 0.316. The first-order valence-electron chi connectivity index (χ1n) is 7.50. The second-order valence-electron chi connectivity index (χ2n) is 5.25. The molecule has 0 aliphatic heterocycles. The average Bonchev–Trinajstić information content (AvgIpc) is 2.54. The maximum atomic E-state index is 11.9. The van der Waals surface area contributed by atoms with E-state index >= 15 is 0 Å². The van der Waals surface area contributed by atoms with Crippen molar-refractivity contribution in [1.29, 1.82) is 0 Å². The number of methoxy groups -OCH3 is 1. The summed E-state index contributed by atoms with van der Waals surface area (Å²) >= 11 is 0. The quantitative estimate of drug-likeness (QED) is 0.754. The highest BCUT2D eigenvalue weighted by Gasteiger charge is 2.19. The van der Waals surface area contributed by atoms with Crippen molar-refractivity contribution in [2.45, 2.75) is 26.2 Å². The minimum absolute atomic E-state index is 0.00874. The zero-order chi connectivity index (χ0) is 15.9. The van der Waals surface area contributed by atoms with Crippen LogP contribution < -0.4 is 4.74 Å². The Morgan fingerprint density at radius 2 is 1.55 bits per heavy atom. The van der Waals surface area contributed by atoms with Gasteiger partial charge in [-0.15, -0.1) is 0 Å². The molecule has 3 heteroatoms. The molecule has 3 nitrogen and oxygen atoms in total. The highest BCUT2D eigenvalue weighted by atomic mass is 16.5. The molecule has 2 aromatic rings. The molecule has 2 aromatic carbocycles. The molecule has 0 aliphatic carbocycles. The van der Waals surface area contributed by atoms with E-state index in [0.29, 0.717) is 13.0 Å². The minimum atomic E-state index is -0.177. The number of benzene rings is 2. The molecule has 0 aromatic heterocycles. The van der Waals surface area contributed by atoms with Gasteiger partial charge in [0.05, 0.1) is 20.1 Å². The molecule has 0 saturated heterocycles. The summed E-state index contributed by atoms with van der Waals surface area (Å²) < 4.78 is 10.3. The van der Waals surface area contributed by atoms with Crippen LogP contribution in [-0.2, 0) is 9.53 Å². The molecule has 116 valence electrons. The molecule has 2 rings (SSSR count). The largest absolute Gasteiger partial charge is 0.497 e. The van der Waals surface area contributed by atoms with Gasteiger partial charge in [0.15, 0.2) is 0 Å². The van der Waals surface area contributed by atoms with Gasteiger partial charge in [-0.1, -0.05) is 42.0 Å². The number of hydrogen-bond acceptors (Lipinski definition) is 3. The number of aryl methyl sites for hydroxylation is 1. The highest BCUT2D eigenvalue weighted by molar-refractivity contribution is 5.71. The van der Waals surface area contributed by atoms with Crippen LogP contribution in [0.3, 0.4) is 0 Å². The van der Waals surface area contributed by atoms with Gasteiger partial charge in [0, 0.05) is 5.92 Å². The van der Waals surface area contributed by atoms with Crippen molar-refractivity contribution in [1.82, 2.24) is 0 Å². The third-order valence-corrected chi connectivity index (χ3v) is 3.67. The van der Waals surface area contributed by atoms with Gasteiger partial charge < -0.3 is 9.47 Å². The van der Waals surface area contributed by atoms with E-state index in [-0.39, 0.29) is 11.9 Å². The monoisotopic (exact) mass is 298 g/mol. The van der Waals surface area contributed by atoms with Gasteiger partial charge >= 0.3 is 5.97 Å². The number of esters is 1. The van der Waals surface area contributed by atoms with Crippen molar-refractivity contribution in [3.63, 3.8) is 0 Å². The van der Waals surface area contributed by atoms with Gasteiger partial charge in [-0.25, -0.2) is 0 Å². The summed E-state index contributed by atoms with van der Waals surface area (Å²) in [5.41, 5.74) is 3.40. The first-order valence-corrected chi connectivity index (χ1v) is 7.50. The lowest BCUT2D eigenvalue weighted by Crippen LogP contribution is -2.11. The lowest BCUT2D eigenvalue weighted by Gasteiger charge is -2.18. The normalized spacial score (nSPS) is 11.8. The third-order valence-electron chi connectivity index (χ3n) is 3.67. The molecule has 0 unspecified atom stereocenters. The molecule has 0 bridgehead atoms. The molecule has 0 heterocycles. The molecule has 0 radical (unpaired) electrons. The zero-order valence-corrected chi connectivity index (χ0v) is 13.3. The molecular weight excluding hydrogens is 276 g/mol. The smallest absolute Gasteiger partial charge is 0.306 e. The van der Waals surface area contributed by atoms with E-state index in [1.165, 1.54) is 5.56 Å². The molecule has 0 spiro atoms. The summed E-state index contributed by atoms with van der Waals surface area (Å²) in [6, 6.07) is 16.1. The van der Waals surface area contributed by atoms with Crippen LogP contribution >= 0.6 is 0 Å². The van der Waals surface area contributed by atoms with Crippen LogP contribution in [0.2, 0.25) is 0 Å². The Bertz CT molecular complexity index is 600. The molecule has 0 aliphatic rings. The van der Waals surface area contributed by atoms with Gasteiger partial charge in [-0.3, -0.25) is 4.79 Å². The van der Waals surface area contributed by atoms with Crippen molar-refractivity contribution in [3.8, 4) is 5.75 Å². The Labute approximate surface area is 131 Å². The average molecular weight is 298 g/mol. The van der Waals surface area contributed by atoms with E-state index in [0.717, 1.165) is 16.9 Å². The van der Waals surface area contributed by atoms with Crippen molar-refractivity contribution in [3.05, 3.63) is 65.2 Å². The van der Waals surface area contributed by atoms with Crippen molar-refractivity contribution in [2.24, 2.45) is 0 Å². The first-order chi connectivity index (χ1) is 10.6. The summed E-state index contributed by atoms with van der Waals surface area (Å²) in [7, 11) is 1.64. The van der Waals surface area contributed by atoms with Gasteiger partial charge in [-0.2, -0.15) is 0 Å². The molecule has 0 saturated carbocycles. The van der Waals surface area contributed by atoms with E-state index in [1.807, 2.05) is 31.2 Å². The van der Waals surface area contributed by atoms with Crippen LogP contribution in [0.4, 0.5) is 0 Å². The maximum Gasteiger partial charge on any atom is 0.306 e. The van der Waals surface area contributed by atoms with Crippen LogP contribution in [0, 0.1) is 6.92 Å². The molecule has 1 atom stereocenters. The van der Waals surface area contributed by atoms with Crippen LogP contribution in [0.15, 0.2) is 48.5 Å². The number of carbonyl (C=O) groups excluding carboxylic acids is 1. The number of rotatable bonds is 6. The van der Waals surface area contributed by atoms with E-state index in [9.17, 15) is 4.79 Å². The topological polar surface area (TPSA) is 35.5 Å². The lowest BCUT2D eigenvalue weighted by atomic mass is 9.88. The van der Waals surface area contributed by atoms with E-state index in [2.05, 4.69) is 31.2 Å². The van der Waals surface area contributed by atoms with Gasteiger partial charge in [0.25, 0.3) is 0 Å². The molecule has 0 N–H and O–H groups in total. The number of ether oxygens (including phenoxy) is 2. The predicted molar refractivity (Wildman–Crippen MR) is 87.3 cm³/mol. The first kappa shape index (κ1) is 16.1. The molecular formula is C19H22O3. The maximum absolute atomic E-state index is 11.9. The summed E-state index contributed by atoms with van der Waals surface area (Å²) in [4.78, 5) is 11.9. The summed E-state index contributed by atoms with van der Waals surface area (Å²) in [5.74, 6) is 0.622. The lowest BCUT2D eigenvalue weighted by molar-refractivity contribution is -0.143. The second-order valence-corrected chi connectivity index (χ2v) is 5.25. The Morgan fingerprint density at radius 1 is 1.00 bits per heavy atom. The summed E-state index contributed by atoms with van der Waals surface area (Å²) in [6.07, 6.45) is 0.337. The van der Waals surface area contributed by atoms with E-state index < -0.39 is 0 Å². The van der Waals surface area contributed by atoms with Crippen molar-refractivity contribution < 1.29 is 14.3 Å². The fourth-order valence-electron chi connectivity index (χ4n) is 2.45. The molecule has 0 fully saturated rings. The van der Waals surface area contributed by atoms with Crippen LogP contribution in [-0.4, -0.2) is 19.7 Å². The number of carbonyl (C=O) groups is 1. The van der Waals surface area contributed by atoms with Gasteiger partial charge in [0.2, 0.25) is 0 Å². The second kappa shape index (κ2) is 7.64. The Kier molecular flexibility index (Phi) is 5.59.